The Hall–Kier alpha value is -2.20. The van der Waals surface area contributed by atoms with Crippen molar-refractivity contribution in [2.24, 2.45) is 0 Å². The predicted octanol–water partition coefficient (Wildman–Crippen LogP) is 3.82. The van der Waals surface area contributed by atoms with Crippen LogP contribution in [-0.4, -0.2) is 38.1 Å². The fourth-order valence-electron chi connectivity index (χ4n) is 2.19. The van der Waals surface area contributed by atoms with Gasteiger partial charge in [0.15, 0.2) is 0 Å². The first-order chi connectivity index (χ1) is 11.6. The van der Waals surface area contributed by atoms with Crippen LogP contribution in [0.4, 0.5) is 0 Å². The number of carbonyl (C=O) groups excluding carboxylic acids is 1. The average molecular weight is 348 g/mol. The minimum atomic E-state index is 0.102. The molecule has 128 valence electrons. The molecule has 1 amide bonds. The molecule has 0 spiro atoms. The molecule has 0 unspecified atom stereocenters. The van der Waals surface area contributed by atoms with Gasteiger partial charge in [0.05, 0.1) is 13.7 Å². The Morgan fingerprint density at radius 3 is 2.29 bits per heavy atom. The van der Waals surface area contributed by atoms with Gasteiger partial charge in [0.25, 0.3) is 0 Å². The zero-order valence-electron chi connectivity index (χ0n) is 14.0. The SMILES string of the molecule is COc1ccc(CCC(=O)N(C)CCOc2ccc(Cl)cc2)cc1. The summed E-state index contributed by atoms with van der Waals surface area (Å²) in [5.41, 5.74) is 1.12. The Morgan fingerprint density at radius 2 is 1.67 bits per heavy atom. The number of rotatable bonds is 8. The zero-order chi connectivity index (χ0) is 17.4. The van der Waals surface area contributed by atoms with Gasteiger partial charge in [0.1, 0.15) is 18.1 Å². The molecule has 0 atom stereocenters. The predicted molar refractivity (Wildman–Crippen MR) is 95.9 cm³/mol. The maximum Gasteiger partial charge on any atom is 0.222 e. The summed E-state index contributed by atoms with van der Waals surface area (Å²) < 4.78 is 10.7. The van der Waals surface area contributed by atoms with E-state index in [4.69, 9.17) is 21.1 Å². The van der Waals surface area contributed by atoms with Gasteiger partial charge < -0.3 is 14.4 Å². The van der Waals surface area contributed by atoms with Gasteiger partial charge in [0.2, 0.25) is 5.91 Å². The number of methoxy groups -OCH3 is 1. The molecule has 0 N–H and O–H groups in total. The number of ether oxygens (including phenoxy) is 2. The van der Waals surface area contributed by atoms with E-state index in [9.17, 15) is 4.79 Å². The Labute approximate surface area is 147 Å². The molecule has 0 fully saturated rings. The van der Waals surface area contributed by atoms with Crippen LogP contribution in [0.1, 0.15) is 12.0 Å². The van der Waals surface area contributed by atoms with E-state index in [1.54, 1.807) is 31.2 Å². The minimum absolute atomic E-state index is 0.102. The molecular formula is C19H22ClNO3. The van der Waals surface area contributed by atoms with E-state index in [1.807, 2.05) is 36.4 Å². The van der Waals surface area contributed by atoms with Gasteiger partial charge in [0, 0.05) is 18.5 Å². The van der Waals surface area contributed by atoms with Crippen molar-refractivity contribution in [3.05, 3.63) is 59.1 Å². The topological polar surface area (TPSA) is 38.8 Å². The smallest absolute Gasteiger partial charge is 0.222 e. The second-order valence-electron chi connectivity index (χ2n) is 5.47. The summed E-state index contributed by atoms with van der Waals surface area (Å²) in [5.74, 6) is 1.67. The minimum Gasteiger partial charge on any atom is -0.497 e. The van der Waals surface area contributed by atoms with Crippen LogP contribution in [0.15, 0.2) is 48.5 Å². The van der Waals surface area contributed by atoms with Crippen molar-refractivity contribution in [3.63, 3.8) is 0 Å². The average Bonchev–Trinajstić information content (AvgIpc) is 2.61. The second-order valence-corrected chi connectivity index (χ2v) is 5.90. The largest absolute Gasteiger partial charge is 0.497 e. The molecule has 0 aliphatic carbocycles. The van der Waals surface area contributed by atoms with Gasteiger partial charge >= 0.3 is 0 Å². The zero-order valence-corrected chi connectivity index (χ0v) is 14.8. The first-order valence-corrected chi connectivity index (χ1v) is 8.21. The van der Waals surface area contributed by atoms with E-state index >= 15 is 0 Å². The quantitative estimate of drug-likeness (QED) is 0.728. The van der Waals surface area contributed by atoms with Crippen molar-refractivity contribution in [3.8, 4) is 11.5 Å². The molecule has 0 bridgehead atoms. The van der Waals surface area contributed by atoms with Crippen molar-refractivity contribution in [2.75, 3.05) is 27.3 Å². The van der Waals surface area contributed by atoms with Crippen LogP contribution >= 0.6 is 11.6 Å². The number of halogens is 1. The van der Waals surface area contributed by atoms with Gasteiger partial charge in [-0.05, 0) is 48.4 Å². The van der Waals surface area contributed by atoms with Gasteiger partial charge in [-0.25, -0.2) is 0 Å². The summed E-state index contributed by atoms with van der Waals surface area (Å²) >= 11 is 5.82. The summed E-state index contributed by atoms with van der Waals surface area (Å²) in [6.07, 6.45) is 1.19. The molecule has 0 saturated carbocycles. The highest BCUT2D eigenvalue weighted by Crippen LogP contribution is 2.15. The summed E-state index contributed by atoms with van der Waals surface area (Å²) in [6, 6.07) is 15.0. The number of likely N-dealkylation sites (N-methyl/N-ethyl adjacent to an activating group) is 1. The highest BCUT2D eigenvalue weighted by Gasteiger charge is 2.09. The number of hydrogen-bond donors (Lipinski definition) is 0. The van der Waals surface area contributed by atoms with E-state index < -0.39 is 0 Å². The maximum absolute atomic E-state index is 12.2. The molecule has 5 heteroatoms. The third-order valence-corrected chi connectivity index (χ3v) is 3.97. The van der Waals surface area contributed by atoms with E-state index in [0.29, 0.717) is 31.0 Å². The van der Waals surface area contributed by atoms with Gasteiger partial charge in [-0.2, -0.15) is 0 Å². The molecule has 2 aromatic rings. The number of amides is 1. The van der Waals surface area contributed by atoms with Crippen LogP contribution in [0.25, 0.3) is 0 Å². The number of carbonyl (C=O) groups is 1. The highest BCUT2D eigenvalue weighted by atomic mass is 35.5. The van der Waals surface area contributed by atoms with Crippen LogP contribution in [0.3, 0.4) is 0 Å². The number of nitrogens with zero attached hydrogens (tertiary/aromatic N) is 1. The van der Waals surface area contributed by atoms with Crippen LogP contribution in [0, 0.1) is 0 Å². The van der Waals surface area contributed by atoms with E-state index in [0.717, 1.165) is 17.1 Å². The molecule has 2 aromatic carbocycles. The fourth-order valence-corrected chi connectivity index (χ4v) is 2.32. The van der Waals surface area contributed by atoms with Crippen LogP contribution < -0.4 is 9.47 Å². The lowest BCUT2D eigenvalue weighted by Gasteiger charge is -2.17. The fraction of sp³-hybridized carbons (Fsp3) is 0.316. The Bertz CT molecular complexity index is 641. The van der Waals surface area contributed by atoms with Crippen LogP contribution in [0.5, 0.6) is 11.5 Å². The molecule has 0 saturated heterocycles. The third kappa shape index (κ3) is 5.78. The van der Waals surface area contributed by atoms with E-state index in [1.165, 1.54) is 0 Å². The lowest BCUT2D eigenvalue weighted by Crippen LogP contribution is -2.31. The first-order valence-electron chi connectivity index (χ1n) is 7.84. The monoisotopic (exact) mass is 347 g/mol. The van der Waals surface area contributed by atoms with Gasteiger partial charge in [-0.15, -0.1) is 0 Å². The van der Waals surface area contributed by atoms with Gasteiger partial charge in [-0.1, -0.05) is 23.7 Å². The Morgan fingerprint density at radius 1 is 1.04 bits per heavy atom. The summed E-state index contributed by atoms with van der Waals surface area (Å²) in [4.78, 5) is 13.8. The van der Waals surface area contributed by atoms with E-state index in [-0.39, 0.29) is 5.91 Å². The van der Waals surface area contributed by atoms with E-state index in [2.05, 4.69) is 0 Å². The summed E-state index contributed by atoms with van der Waals surface area (Å²) in [6.45, 7) is 0.997. The van der Waals surface area contributed by atoms with Gasteiger partial charge in [-0.3, -0.25) is 4.79 Å². The maximum atomic E-state index is 12.2. The van der Waals surface area contributed by atoms with Crippen LogP contribution in [-0.2, 0) is 11.2 Å². The standard InChI is InChI=1S/C19H22ClNO3/c1-21(13-14-24-18-10-6-16(20)7-11-18)19(22)12-5-15-3-8-17(23-2)9-4-15/h3-4,6-11H,5,12-14H2,1-2H3. The van der Waals surface area contributed by atoms with Crippen molar-refractivity contribution < 1.29 is 14.3 Å². The molecule has 0 radical (unpaired) electrons. The molecule has 4 nitrogen and oxygen atoms in total. The molecule has 0 aliphatic heterocycles. The van der Waals surface area contributed by atoms with Crippen molar-refractivity contribution in [2.45, 2.75) is 12.8 Å². The van der Waals surface area contributed by atoms with Crippen molar-refractivity contribution >= 4 is 17.5 Å². The molecule has 0 aliphatic rings. The van der Waals surface area contributed by atoms with Crippen molar-refractivity contribution in [1.82, 2.24) is 4.90 Å². The Kier molecular flexibility index (Phi) is 6.94. The molecule has 0 aromatic heterocycles. The number of hydrogen-bond acceptors (Lipinski definition) is 3. The number of benzene rings is 2. The van der Waals surface area contributed by atoms with Crippen LogP contribution in [0.2, 0.25) is 5.02 Å². The number of aryl methyl sites for hydroxylation is 1. The summed E-state index contributed by atoms with van der Waals surface area (Å²) in [7, 11) is 3.43. The molecule has 0 heterocycles. The lowest BCUT2D eigenvalue weighted by atomic mass is 10.1. The highest BCUT2D eigenvalue weighted by molar-refractivity contribution is 6.30. The third-order valence-electron chi connectivity index (χ3n) is 3.72. The molecular weight excluding hydrogens is 326 g/mol. The first kappa shape index (κ1) is 18.1. The molecule has 24 heavy (non-hydrogen) atoms. The van der Waals surface area contributed by atoms with Crippen molar-refractivity contribution in [1.29, 1.82) is 0 Å². The lowest BCUT2D eigenvalue weighted by molar-refractivity contribution is -0.130. The normalized spacial score (nSPS) is 10.3. The second kappa shape index (κ2) is 9.18. The summed E-state index contributed by atoms with van der Waals surface area (Å²) in [5, 5.41) is 0.674. The Balaban J connectivity index is 1.70. The molecule has 2 rings (SSSR count).